The van der Waals surface area contributed by atoms with Crippen LogP contribution in [0.15, 0.2) is 30.3 Å². The second-order valence-electron chi connectivity index (χ2n) is 8.78. The summed E-state index contributed by atoms with van der Waals surface area (Å²) in [6.07, 6.45) is 3.26. The number of benzene rings is 1. The number of aryl methyl sites for hydroxylation is 2. The number of aromatic nitrogens is 2. The Morgan fingerprint density at radius 1 is 1.16 bits per heavy atom. The largest absolute Gasteiger partial charge is 0.321 e. The summed E-state index contributed by atoms with van der Waals surface area (Å²) in [4.78, 5) is 25.6. The normalized spacial score (nSPS) is 26.1. The highest BCUT2D eigenvalue weighted by atomic mass is 16.2. The molecule has 1 saturated carbocycles. The van der Waals surface area contributed by atoms with Crippen LogP contribution in [0.1, 0.15) is 43.2 Å². The number of hydrogen-bond acceptors (Lipinski definition) is 6. The molecular formula is C22H29N7O2. The lowest BCUT2D eigenvalue weighted by Crippen LogP contribution is -2.61. The van der Waals surface area contributed by atoms with Crippen molar-refractivity contribution >= 4 is 23.3 Å². The molecule has 31 heavy (non-hydrogen) atoms. The van der Waals surface area contributed by atoms with Crippen LogP contribution in [0, 0.1) is 25.7 Å². The van der Waals surface area contributed by atoms with E-state index in [2.05, 4.69) is 38.6 Å². The topological polar surface area (TPSA) is 103 Å². The molecule has 3 aliphatic rings. The number of anilines is 2. The zero-order valence-electron chi connectivity index (χ0n) is 17.9. The van der Waals surface area contributed by atoms with Gasteiger partial charge in [-0.2, -0.15) is 5.10 Å². The van der Waals surface area contributed by atoms with E-state index in [1.807, 2.05) is 37.1 Å². The third-order valence-electron chi connectivity index (χ3n) is 6.48. The minimum absolute atomic E-state index is 0.0301. The average Bonchev–Trinajstić information content (AvgIpc) is 3.48. The maximum absolute atomic E-state index is 12.9. The third-order valence-corrected chi connectivity index (χ3v) is 6.48. The molecule has 2 aliphatic heterocycles. The smallest absolute Gasteiger partial charge is 0.230 e. The first-order valence-electron chi connectivity index (χ1n) is 11.0. The van der Waals surface area contributed by atoms with Gasteiger partial charge >= 0.3 is 0 Å². The number of hydrogen-bond donors (Lipinski definition) is 4. The molecule has 4 N–H and O–H groups in total. The lowest BCUT2D eigenvalue weighted by Gasteiger charge is -2.37. The minimum Gasteiger partial charge on any atom is -0.321 e. The van der Waals surface area contributed by atoms with Crippen molar-refractivity contribution in [2.45, 2.75) is 52.0 Å². The van der Waals surface area contributed by atoms with Gasteiger partial charge in [-0.05, 0) is 38.8 Å². The summed E-state index contributed by atoms with van der Waals surface area (Å²) in [5.41, 5.74) is 6.29. The molecule has 1 aromatic carbocycles. The van der Waals surface area contributed by atoms with Crippen LogP contribution in [0.4, 0.5) is 11.5 Å². The van der Waals surface area contributed by atoms with Crippen LogP contribution in [-0.4, -0.2) is 34.3 Å². The molecule has 3 heterocycles. The van der Waals surface area contributed by atoms with Gasteiger partial charge in [-0.1, -0.05) is 30.5 Å². The van der Waals surface area contributed by atoms with Crippen LogP contribution >= 0.6 is 0 Å². The summed E-state index contributed by atoms with van der Waals surface area (Å²) in [5.74, 6) is 0.404. The summed E-state index contributed by atoms with van der Waals surface area (Å²) in [5, 5.41) is 16.1. The Morgan fingerprint density at radius 2 is 1.90 bits per heavy atom. The average molecular weight is 424 g/mol. The number of carbonyl (C=O) groups is 2. The van der Waals surface area contributed by atoms with E-state index in [9.17, 15) is 9.59 Å². The van der Waals surface area contributed by atoms with Crippen molar-refractivity contribution in [1.29, 1.82) is 0 Å². The van der Waals surface area contributed by atoms with Gasteiger partial charge in [-0.3, -0.25) is 19.9 Å². The Morgan fingerprint density at radius 3 is 2.65 bits per heavy atom. The molecule has 0 spiro atoms. The first-order chi connectivity index (χ1) is 15.0. The second-order valence-corrected chi connectivity index (χ2v) is 8.78. The van der Waals surface area contributed by atoms with E-state index in [0.717, 1.165) is 37.1 Å². The molecule has 9 heteroatoms. The van der Waals surface area contributed by atoms with Crippen LogP contribution < -0.4 is 26.4 Å². The molecule has 2 aromatic rings. The molecule has 0 bridgehead atoms. The fraction of sp³-hybridized carbons (Fsp3) is 0.500. The van der Waals surface area contributed by atoms with E-state index in [-0.39, 0.29) is 29.8 Å². The molecule has 9 nitrogen and oxygen atoms in total. The van der Waals surface area contributed by atoms with E-state index in [0.29, 0.717) is 12.4 Å². The molecule has 1 aliphatic carbocycles. The number of nitrogens with one attached hydrogen (secondary N) is 4. The number of amides is 2. The van der Waals surface area contributed by atoms with Crippen LogP contribution in [0.5, 0.6) is 0 Å². The fourth-order valence-electron chi connectivity index (χ4n) is 4.77. The lowest BCUT2D eigenvalue weighted by atomic mass is 10.0. The van der Waals surface area contributed by atoms with Crippen molar-refractivity contribution in [3.8, 4) is 0 Å². The predicted molar refractivity (Wildman–Crippen MR) is 117 cm³/mol. The lowest BCUT2D eigenvalue weighted by molar-refractivity contribution is -0.129. The highest BCUT2D eigenvalue weighted by Gasteiger charge is 2.45. The zero-order chi connectivity index (χ0) is 21.5. The van der Waals surface area contributed by atoms with Crippen molar-refractivity contribution in [3.63, 3.8) is 0 Å². The number of nitrogens with zero attached hydrogens (tertiary/aromatic N) is 3. The monoisotopic (exact) mass is 423 g/mol. The molecule has 2 saturated heterocycles. The van der Waals surface area contributed by atoms with Crippen LogP contribution in [0.25, 0.3) is 0 Å². The van der Waals surface area contributed by atoms with Gasteiger partial charge in [0, 0.05) is 18.5 Å². The van der Waals surface area contributed by atoms with E-state index in [1.165, 1.54) is 5.56 Å². The second kappa shape index (κ2) is 7.97. The van der Waals surface area contributed by atoms with Crippen molar-refractivity contribution in [2.75, 3.05) is 16.9 Å². The Kier molecular flexibility index (Phi) is 5.15. The molecule has 0 radical (unpaired) electrons. The van der Waals surface area contributed by atoms with Gasteiger partial charge in [-0.15, -0.1) is 0 Å². The van der Waals surface area contributed by atoms with Gasteiger partial charge in [0.1, 0.15) is 12.0 Å². The molecule has 3 fully saturated rings. The Bertz CT molecular complexity index is 980. The van der Waals surface area contributed by atoms with Crippen molar-refractivity contribution in [1.82, 2.24) is 25.8 Å². The Balaban J connectivity index is 1.38. The van der Waals surface area contributed by atoms with E-state index in [4.69, 9.17) is 0 Å². The van der Waals surface area contributed by atoms with Gasteiger partial charge in [0.05, 0.1) is 17.3 Å². The maximum atomic E-state index is 12.9. The van der Waals surface area contributed by atoms with Crippen molar-refractivity contribution in [2.24, 2.45) is 11.8 Å². The van der Waals surface area contributed by atoms with Crippen molar-refractivity contribution < 1.29 is 9.59 Å². The van der Waals surface area contributed by atoms with Gasteiger partial charge < -0.3 is 10.6 Å². The molecule has 5 rings (SSSR count). The quantitative estimate of drug-likeness (QED) is 0.598. The maximum Gasteiger partial charge on any atom is 0.230 e. The summed E-state index contributed by atoms with van der Waals surface area (Å²) in [6.45, 7) is 4.48. The van der Waals surface area contributed by atoms with Gasteiger partial charge in [0.25, 0.3) is 0 Å². The highest BCUT2D eigenvalue weighted by molar-refractivity contribution is 5.92. The molecule has 3 unspecified atom stereocenters. The Hall–Kier alpha value is -2.91. The van der Waals surface area contributed by atoms with Crippen LogP contribution in [0.2, 0.25) is 0 Å². The van der Waals surface area contributed by atoms with Crippen LogP contribution in [-0.2, 0) is 9.59 Å². The van der Waals surface area contributed by atoms with Gasteiger partial charge in [0.15, 0.2) is 6.29 Å². The molecule has 3 atom stereocenters. The minimum atomic E-state index is -0.561. The standard InChI is InChI=1S/C22H29N7O2/c1-13-7-9-16(10-8-13)28-19-17(12-23-28)21(31)26-22(25-19)29-18(11-14(2)27-29)24-20(30)15-5-3-4-6-15/h7-11,15,17,19,22-23,25H,3-6,12H2,1-2H3,(H,24,30)(H,26,31). The zero-order valence-corrected chi connectivity index (χ0v) is 17.9. The summed E-state index contributed by atoms with van der Waals surface area (Å²) in [7, 11) is 0. The third kappa shape index (κ3) is 3.79. The van der Waals surface area contributed by atoms with Gasteiger partial charge in [0.2, 0.25) is 11.8 Å². The number of fused-ring (bicyclic) bond motifs is 1. The molecule has 164 valence electrons. The summed E-state index contributed by atoms with van der Waals surface area (Å²) >= 11 is 0. The number of rotatable bonds is 4. The fourth-order valence-corrected chi connectivity index (χ4v) is 4.77. The first-order valence-corrected chi connectivity index (χ1v) is 11.0. The van der Waals surface area contributed by atoms with E-state index >= 15 is 0 Å². The summed E-state index contributed by atoms with van der Waals surface area (Å²) in [6, 6.07) is 10.0. The van der Waals surface area contributed by atoms with Crippen LogP contribution in [0.3, 0.4) is 0 Å². The highest BCUT2D eigenvalue weighted by Crippen LogP contribution is 2.29. The van der Waals surface area contributed by atoms with Crippen molar-refractivity contribution in [3.05, 3.63) is 41.6 Å². The molecule has 2 amide bonds. The van der Waals surface area contributed by atoms with E-state index < -0.39 is 6.29 Å². The SMILES string of the molecule is Cc1ccc(N2NCC3C(=O)NC(n4nc(C)cc4NC(=O)C4CCCC4)NC32)cc1. The number of hydrazine groups is 1. The predicted octanol–water partition coefficient (Wildman–Crippen LogP) is 1.77. The van der Waals surface area contributed by atoms with Gasteiger partial charge in [-0.25, -0.2) is 10.1 Å². The number of carbonyl (C=O) groups excluding carboxylic acids is 2. The van der Waals surface area contributed by atoms with E-state index in [1.54, 1.807) is 4.68 Å². The molecular weight excluding hydrogens is 394 g/mol. The molecule has 1 aromatic heterocycles. The Labute approximate surface area is 181 Å². The summed E-state index contributed by atoms with van der Waals surface area (Å²) < 4.78 is 1.67. The first kappa shape index (κ1) is 20.0.